The molecule has 0 spiro atoms. The molecule has 0 saturated carbocycles. The zero-order chi connectivity index (χ0) is 14.0. The number of hydrogen-bond donors (Lipinski definition) is 1. The molecule has 1 N–H and O–H groups in total. The molecule has 1 aliphatic rings. The summed E-state index contributed by atoms with van der Waals surface area (Å²) >= 11 is 0. The third-order valence-electron chi connectivity index (χ3n) is 4.37. The molecular weight excluding hydrogens is 250 g/mol. The van der Waals surface area contributed by atoms with Crippen molar-refractivity contribution in [2.24, 2.45) is 0 Å². The summed E-state index contributed by atoms with van der Waals surface area (Å²) in [5, 5.41) is 7.79. The Morgan fingerprint density at radius 1 is 1.25 bits per heavy atom. The number of imidazole rings is 1. The first-order valence-corrected chi connectivity index (χ1v) is 7.38. The molecule has 1 fully saturated rings. The predicted molar refractivity (Wildman–Crippen MR) is 78.6 cm³/mol. The van der Waals surface area contributed by atoms with E-state index in [0.717, 1.165) is 26.2 Å². The van der Waals surface area contributed by atoms with E-state index in [1.165, 1.54) is 24.1 Å². The lowest BCUT2D eigenvalue weighted by atomic mass is 9.78. The second kappa shape index (κ2) is 5.40. The second-order valence-corrected chi connectivity index (χ2v) is 6.06. The van der Waals surface area contributed by atoms with Crippen LogP contribution < -0.4 is 5.32 Å². The average molecular weight is 273 g/mol. The average Bonchev–Trinajstić information content (AvgIpc) is 3.06. The second-order valence-electron chi connectivity index (χ2n) is 6.06. The van der Waals surface area contributed by atoms with E-state index in [0.29, 0.717) is 0 Å². The highest BCUT2D eigenvalue weighted by atomic mass is 15.3. The highest BCUT2D eigenvalue weighted by Crippen LogP contribution is 2.32. The van der Waals surface area contributed by atoms with Crippen LogP contribution >= 0.6 is 0 Å². The van der Waals surface area contributed by atoms with Crippen molar-refractivity contribution >= 4 is 0 Å². The van der Waals surface area contributed by atoms with E-state index in [1.807, 2.05) is 23.4 Å². The van der Waals surface area contributed by atoms with Gasteiger partial charge in [-0.25, -0.2) is 4.98 Å². The van der Waals surface area contributed by atoms with Crippen LogP contribution in [0.2, 0.25) is 0 Å². The van der Waals surface area contributed by atoms with E-state index >= 15 is 0 Å². The first kappa shape index (κ1) is 13.4. The van der Waals surface area contributed by atoms with E-state index in [9.17, 15) is 0 Å². The van der Waals surface area contributed by atoms with Crippen LogP contribution in [0.1, 0.15) is 31.0 Å². The molecule has 2 aromatic rings. The Hall–Kier alpha value is -1.62. The molecule has 1 saturated heterocycles. The predicted octanol–water partition coefficient (Wildman–Crippen LogP) is 1.73. The number of nitrogens with one attached hydrogen (secondary N) is 1. The Morgan fingerprint density at radius 2 is 2.05 bits per heavy atom. The molecule has 108 valence electrons. The fourth-order valence-corrected chi connectivity index (χ4v) is 3.04. The van der Waals surface area contributed by atoms with Crippen LogP contribution in [0, 0.1) is 6.92 Å². The van der Waals surface area contributed by atoms with Gasteiger partial charge in [0.05, 0.1) is 19.1 Å². The Bertz CT molecular complexity index is 562. The van der Waals surface area contributed by atoms with Gasteiger partial charge in [-0.1, -0.05) is 6.92 Å². The van der Waals surface area contributed by atoms with Crippen LogP contribution in [-0.2, 0) is 18.5 Å². The fourth-order valence-electron chi connectivity index (χ4n) is 3.04. The largest absolute Gasteiger partial charge is 0.332 e. The minimum Gasteiger partial charge on any atom is -0.332 e. The van der Waals surface area contributed by atoms with Gasteiger partial charge >= 0.3 is 0 Å². The van der Waals surface area contributed by atoms with Gasteiger partial charge in [-0.3, -0.25) is 4.68 Å². The summed E-state index contributed by atoms with van der Waals surface area (Å²) in [4.78, 5) is 4.37. The standard InChI is InChI=1S/C15H23N5/c1-13-9-18-20(11-13)8-7-19-12-17-10-14(19)15(2)3-5-16-6-4-15/h9-12,16H,3-8H2,1-2H3. The fraction of sp³-hybridized carbons (Fsp3) is 0.600. The van der Waals surface area contributed by atoms with Crippen LogP contribution in [0.3, 0.4) is 0 Å². The monoisotopic (exact) mass is 273 g/mol. The van der Waals surface area contributed by atoms with Crippen molar-refractivity contribution in [3.8, 4) is 0 Å². The number of rotatable bonds is 4. The smallest absolute Gasteiger partial charge is 0.0948 e. The van der Waals surface area contributed by atoms with Gasteiger partial charge in [-0.2, -0.15) is 5.10 Å². The summed E-state index contributed by atoms with van der Waals surface area (Å²) in [5.41, 5.74) is 2.82. The van der Waals surface area contributed by atoms with Crippen molar-refractivity contribution in [3.05, 3.63) is 36.2 Å². The third kappa shape index (κ3) is 2.63. The van der Waals surface area contributed by atoms with E-state index in [1.54, 1.807) is 0 Å². The summed E-state index contributed by atoms with van der Waals surface area (Å²) in [6, 6.07) is 0. The quantitative estimate of drug-likeness (QED) is 0.923. The van der Waals surface area contributed by atoms with Gasteiger partial charge in [0.1, 0.15) is 0 Å². The van der Waals surface area contributed by atoms with Crippen molar-refractivity contribution in [1.82, 2.24) is 24.6 Å². The van der Waals surface area contributed by atoms with Crippen molar-refractivity contribution < 1.29 is 0 Å². The van der Waals surface area contributed by atoms with E-state index in [-0.39, 0.29) is 5.41 Å². The van der Waals surface area contributed by atoms with Gasteiger partial charge in [0.2, 0.25) is 0 Å². The zero-order valence-corrected chi connectivity index (χ0v) is 12.3. The van der Waals surface area contributed by atoms with E-state index < -0.39 is 0 Å². The zero-order valence-electron chi connectivity index (χ0n) is 12.3. The van der Waals surface area contributed by atoms with Crippen LogP contribution in [-0.4, -0.2) is 32.4 Å². The molecule has 5 nitrogen and oxygen atoms in total. The first-order valence-electron chi connectivity index (χ1n) is 7.38. The number of aryl methyl sites for hydroxylation is 3. The Labute approximate surface area is 120 Å². The van der Waals surface area contributed by atoms with Gasteiger partial charge in [0.25, 0.3) is 0 Å². The highest BCUT2D eigenvalue weighted by Gasteiger charge is 2.31. The summed E-state index contributed by atoms with van der Waals surface area (Å²) in [6.45, 7) is 8.45. The van der Waals surface area contributed by atoms with E-state index in [2.05, 4.69) is 40.0 Å². The number of aromatic nitrogens is 4. The van der Waals surface area contributed by atoms with Gasteiger partial charge in [-0.15, -0.1) is 0 Å². The summed E-state index contributed by atoms with van der Waals surface area (Å²) < 4.78 is 4.30. The number of hydrogen-bond acceptors (Lipinski definition) is 3. The van der Waals surface area contributed by atoms with Crippen LogP contribution in [0.25, 0.3) is 0 Å². The number of piperidine rings is 1. The molecule has 3 heterocycles. The van der Waals surface area contributed by atoms with E-state index in [4.69, 9.17) is 0 Å². The lowest BCUT2D eigenvalue weighted by molar-refractivity contribution is 0.314. The summed E-state index contributed by atoms with van der Waals surface area (Å²) in [5.74, 6) is 0. The van der Waals surface area contributed by atoms with Gasteiger partial charge < -0.3 is 9.88 Å². The molecule has 0 aromatic carbocycles. The van der Waals surface area contributed by atoms with Gasteiger partial charge in [0.15, 0.2) is 0 Å². The lowest BCUT2D eigenvalue weighted by Gasteiger charge is -2.34. The minimum absolute atomic E-state index is 0.252. The van der Waals surface area contributed by atoms with Crippen molar-refractivity contribution in [1.29, 1.82) is 0 Å². The summed E-state index contributed by atoms with van der Waals surface area (Å²) in [7, 11) is 0. The molecule has 0 radical (unpaired) electrons. The molecule has 0 atom stereocenters. The third-order valence-corrected chi connectivity index (χ3v) is 4.37. The maximum absolute atomic E-state index is 4.37. The van der Waals surface area contributed by atoms with Gasteiger partial charge in [0, 0.05) is 30.0 Å². The molecule has 0 amide bonds. The Balaban J connectivity index is 1.73. The lowest BCUT2D eigenvalue weighted by Crippen LogP contribution is -2.39. The minimum atomic E-state index is 0.252. The Morgan fingerprint density at radius 3 is 2.75 bits per heavy atom. The van der Waals surface area contributed by atoms with Crippen LogP contribution in [0.4, 0.5) is 0 Å². The van der Waals surface area contributed by atoms with Crippen LogP contribution in [0.5, 0.6) is 0 Å². The maximum Gasteiger partial charge on any atom is 0.0948 e. The van der Waals surface area contributed by atoms with Crippen LogP contribution in [0.15, 0.2) is 24.9 Å². The molecule has 0 aliphatic carbocycles. The molecule has 20 heavy (non-hydrogen) atoms. The molecule has 2 aromatic heterocycles. The molecule has 5 heteroatoms. The molecular formula is C15H23N5. The maximum atomic E-state index is 4.37. The molecule has 0 bridgehead atoms. The normalized spacial score (nSPS) is 18.3. The highest BCUT2D eigenvalue weighted by molar-refractivity contribution is 5.15. The van der Waals surface area contributed by atoms with Crippen molar-refractivity contribution in [2.45, 2.75) is 45.2 Å². The first-order chi connectivity index (χ1) is 9.67. The Kier molecular flexibility index (Phi) is 3.61. The topological polar surface area (TPSA) is 47.7 Å². The SMILES string of the molecule is Cc1cnn(CCn2cncc2C2(C)CCNCC2)c1. The molecule has 3 rings (SSSR count). The number of nitrogens with zero attached hydrogens (tertiary/aromatic N) is 4. The van der Waals surface area contributed by atoms with Gasteiger partial charge in [-0.05, 0) is 38.4 Å². The van der Waals surface area contributed by atoms with Crippen molar-refractivity contribution in [3.63, 3.8) is 0 Å². The molecule has 1 aliphatic heterocycles. The summed E-state index contributed by atoms with van der Waals surface area (Å²) in [6.07, 6.45) is 10.4. The van der Waals surface area contributed by atoms with Crippen molar-refractivity contribution in [2.75, 3.05) is 13.1 Å². The molecule has 0 unspecified atom stereocenters.